The van der Waals surface area contributed by atoms with Gasteiger partial charge in [0.2, 0.25) is 11.0 Å². The molecule has 3 N–H and O–H groups in total. The van der Waals surface area contributed by atoms with Crippen LogP contribution in [0.5, 0.6) is 0 Å². The van der Waals surface area contributed by atoms with E-state index >= 15 is 0 Å². The Morgan fingerprint density at radius 2 is 1.62 bits per heavy atom. The van der Waals surface area contributed by atoms with Crippen LogP contribution in [0.1, 0.15) is 16.7 Å². The van der Waals surface area contributed by atoms with Gasteiger partial charge >= 0.3 is 6.03 Å². The Morgan fingerprint density at radius 1 is 0.853 bits per heavy atom. The van der Waals surface area contributed by atoms with Crippen molar-refractivity contribution in [2.75, 3.05) is 10.6 Å². The van der Waals surface area contributed by atoms with E-state index in [1.165, 1.54) is 11.3 Å². The minimum absolute atomic E-state index is 0.331. The number of carbonyl (C=O) groups excluding carboxylic acids is 2. The number of carbonyl (C=O) groups is 2. The van der Waals surface area contributed by atoms with Crippen molar-refractivity contribution in [3.05, 3.63) is 95.6 Å². The fourth-order valence-electron chi connectivity index (χ4n) is 3.39. The molecule has 172 valence electrons. The van der Waals surface area contributed by atoms with E-state index in [0.717, 1.165) is 22.3 Å². The van der Waals surface area contributed by atoms with Crippen LogP contribution in [0.25, 0.3) is 10.6 Å². The maximum absolute atomic E-state index is 13.1. The summed E-state index contributed by atoms with van der Waals surface area (Å²) in [6.45, 7) is 3.96. The molecule has 0 aliphatic rings. The Kier molecular flexibility index (Phi) is 7.29. The molecule has 1 heterocycles. The van der Waals surface area contributed by atoms with Gasteiger partial charge in [-0.2, -0.15) is 0 Å². The van der Waals surface area contributed by atoms with Crippen LogP contribution in [-0.4, -0.2) is 28.2 Å². The zero-order valence-corrected chi connectivity index (χ0v) is 19.7. The highest BCUT2D eigenvalue weighted by atomic mass is 32.1. The highest BCUT2D eigenvalue weighted by Gasteiger charge is 2.23. The smallest absolute Gasteiger partial charge is 0.319 e. The highest BCUT2D eigenvalue weighted by Crippen LogP contribution is 2.26. The molecule has 8 heteroatoms. The largest absolute Gasteiger partial charge is 0.326 e. The molecule has 1 unspecified atom stereocenters. The van der Waals surface area contributed by atoms with Gasteiger partial charge in [0.1, 0.15) is 11.0 Å². The van der Waals surface area contributed by atoms with Crippen molar-refractivity contribution < 1.29 is 9.59 Å². The quantitative estimate of drug-likeness (QED) is 0.345. The van der Waals surface area contributed by atoms with Crippen molar-refractivity contribution in [1.29, 1.82) is 0 Å². The first kappa shape index (κ1) is 23.1. The van der Waals surface area contributed by atoms with E-state index in [-0.39, 0.29) is 5.91 Å². The Bertz CT molecular complexity index is 1270. The zero-order valence-electron chi connectivity index (χ0n) is 18.9. The standard InChI is InChI=1S/C26H25N5O2S/c1-17-11-13-20(14-12-17)24-30-31-26(34-24)29-23(32)22(16-19-8-4-3-5-9-19)28-25(33)27-21-10-6-7-18(2)15-21/h3-15,22H,16H2,1-2H3,(H2,27,28,33)(H,29,31,32). The second-order valence-electron chi connectivity index (χ2n) is 7.98. The zero-order chi connectivity index (χ0) is 23.9. The first-order valence-electron chi connectivity index (χ1n) is 10.9. The molecular formula is C26H25N5O2S. The predicted octanol–water partition coefficient (Wildman–Crippen LogP) is 5.19. The molecule has 0 saturated heterocycles. The van der Waals surface area contributed by atoms with Crippen molar-refractivity contribution in [2.24, 2.45) is 0 Å². The van der Waals surface area contributed by atoms with Crippen LogP contribution in [0.3, 0.4) is 0 Å². The summed E-state index contributed by atoms with van der Waals surface area (Å²) in [6, 6.07) is 23.7. The van der Waals surface area contributed by atoms with Crippen LogP contribution in [0.2, 0.25) is 0 Å². The van der Waals surface area contributed by atoms with Gasteiger partial charge < -0.3 is 10.6 Å². The monoisotopic (exact) mass is 471 g/mol. The third-order valence-electron chi connectivity index (χ3n) is 5.13. The Hall–Kier alpha value is -4.04. The van der Waals surface area contributed by atoms with Crippen LogP contribution >= 0.6 is 11.3 Å². The van der Waals surface area contributed by atoms with Gasteiger partial charge in [0.15, 0.2) is 0 Å². The number of urea groups is 1. The van der Waals surface area contributed by atoms with Crippen molar-refractivity contribution >= 4 is 34.1 Å². The molecule has 0 aliphatic carbocycles. The summed E-state index contributed by atoms with van der Waals surface area (Å²) in [5, 5.41) is 17.8. The summed E-state index contributed by atoms with van der Waals surface area (Å²) in [4.78, 5) is 25.8. The fraction of sp³-hybridized carbons (Fsp3) is 0.154. The molecule has 0 bridgehead atoms. The lowest BCUT2D eigenvalue weighted by molar-refractivity contribution is -0.117. The van der Waals surface area contributed by atoms with Gasteiger partial charge in [-0.25, -0.2) is 4.79 Å². The number of hydrogen-bond donors (Lipinski definition) is 3. The van der Waals surface area contributed by atoms with Crippen LogP contribution in [0, 0.1) is 13.8 Å². The molecule has 7 nitrogen and oxygen atoms in total. The average Bonchev–Trinajstić information content (AvgIpc) is 3.28. The van der Waals surface area contributed by atoms with Crippen molar-refractivity contribution in [3.8, 4) is 10.6 Å². The summed E-state index contributed by atoms with van der Waals surface area (Å²) in [6.07, 6.45) is 0.331. The Labute approximate surface area is 202 Å². The van der Waals surface area contributed by atoms with Crippen molar-refractivity contribution in [2.45, 2.75) is 26.3 Å². The number of aromatic nitrogens is 2. The molecule has 1 atom stereocenters. The summed E-state index contributed by atoms with van der Waals surface area (Å²) < 4.78 is 0. The van der Waals surface area contributed by atoms with Crippen molar-refractivity contribution in [3.63, 3.8) is 0 Å². The molecule has 0 spiro atoms. The number of anilines is 2. The Balaban J connectivity index is 1.47. The van der Waals surface area contributed by atoms with E-state index in [4.69, 9.17) is 0 Å². The first-order chi connectivity index (χ1) is 16.5. The number of hydrogen-bond acceptors (Lipinski definition) is 5. The number of aryl methyl sites for hydroxylation is 2. The molecule has 0 radical (unpaired) electrons. The topological polar surface area (TPSA) is 96.0 Å². The van der Waals surface area contributed by atoms with Gasteiger partial charge in [0.25, 0.3) is 0 Å². The molecule has 4 aromatic rings. The average molecular weight is 472 g/mol. The molecule has 0 aliphatic heterocycles. The molecule has 3 aromatic carbocycles. The predicted molar refractivity (Wildman–Crippen MR) is 136 cm³/mol. The summed E-state index contributed by atoms with van der Waals surface area (Å²) in [5.74, 6) is -0.366. The number of rotatable bonds is 7. The van der Waals surface area contributed by atoms with E-state index < -0.39 is 12.1 Å². The van der Waals surface area contributed by atoms with E-state index in [1.54, 1.807) is 6.07 Å². The third kappa shape index (κ3) is 6.26. The van der Waals surface area contributed by atoms with E-state index in [2.05, 4.69) is 26.1 Å². The fourth-order valence-corrected chi connectivity index (χ4v) is 4.14. The molecule has 0 saturated carbocycles. The molecule has 4 rings (SSSR count). The molecule has 1 aromatic heterocycles. The minimum atomic E-state index is -0.807. The summed E-state index contributed by atoms with van der Waals surface area (Å²) in [5.41, 5.74) is 4.69. The molecular weight excluding hydrogens is 446 g/mol. The van der Waals surface area contributed by atoms with Crippen LogP contribution in [0.4, 0.5) is 15.6 Å². The van der Waals surface area contributed by atoms with Crippen molar-refractivity contribution in [1.82, 2.24) is 15.5 Å². The normalized spacial score (nSPS) is 11.5. The number of amides is 3. The van der Waals surface area contributed by atoms with Crippen LogP contribution in [-0.2, 0) is 11.2 Å². The number of nitrogens with zero attached hydrogens (tertiary/aromatic N) is 2. The maximum atomic E-state index is 13.1. The SMILES string of the molecule is Cc1ccc(-c2nnc(NC(=O)C(Cc3ccccc3)NC(=O)Nc3cccc(C)c3)s2)cc1. The molecule has 3 amide bonds. The first-order valence-corrected chi connectivity index (χ1v) is 11.7. The lowest BCUT2D eigenvalue weighted by Crippen LogP contribution is -2.46. The lowest BCUT2D eigenvalue weighted by Gasteiger charge is -2.18. The third-order valence-corrected chi connectivity index (χ3v) is 6.02. The van der Waals surface area contributed by atoms with Crippen LogP contribution < -0.4 is 16.0 Å². The summed E-state index contributed by atoms with van der Waals surface area (Å²) >= 11 is 1.28. The van der Waals surface area contributed by atoms with E-state index in [9.17, 15) is 9.59 Å². The molecule has 0 fully saturated rings. The van der Waals surface area contributed by atoms with E-state index in [0.29, 0.717) is 22.2 Å². The van der Waals surface area contributed by atoms with Crippen LogP contribution in [0.15, 0.2) is 78.9 Å². The second-order valence-corrected chi connectivity index (χ2v) is 8.96. The van der Waals surface area contributed by atoms with Gasteiger partial charge in [0.05, 0.1) is 0 Å². The lowest BCUT2D eigenvalue weighted by atomic mass is 10.1. The van der Waals surface area contributed by atoms with Gasteiger partial charge in [-0.15, -0.1) is 10.2 Å². The van der Waals surface area contributed by atoms with Gasteiger partial charge in [-0.1, -0.05) is 83.6 Å². The highest BCUT2D eigenvalue weighted by molar-refractivity contribution is 7.18. The van der Waals surface area contributed by atoms with Gasteiger partial charge in [0, 0.05) is 17.7 Å². The van der Waals surface area contributed by atoms with Gasteiger partial charge in [-0.3, -0.25) is 10.1 Å². The van der Waals surface area contributed by atoms with Gasteiger partial charge in [-0.05, 0) is 37.1 Å². The second kappa shape index (κ2) is 10.7. The number of benzene rings is 3. The number of nitrogens with one attached hydrogen (secondary N) is 3. The van der Waals surface area contributed by atoms with E-state index in [1.807, 2.05) is 86.6 Å². The molecule has 34 heavy (non-hydrogen) atoms. The minimum Gasteiger partial charge on any atom is -0.326 e. The maximum Gasteiger partial charge on any atom is 0.319 e. The Morgan fingerprint density at radius 3 is 2.35 bits per heavy atom. The summed E-state index contributed by atoms with van der Waals surface area (Å²) in [7, 11) is 0.